The summed E-state index contributed by atoms with van der Waals surface area (Å²) < 4.78 is 0. The van der Waals surface area contributed by atoms with Gasteiger partial charge in [0.1, 0.15) is 5.69 Å². The summed E-state index contributed by atoms with van der Waals surface area (Å²) in [6.45, 7) is 4.00. The first-order valence-corrected chi connectivity index (χ1v) is 10.2. The Bertz CT molecular complexity index is 911. The van der Waals surface area contributed by atoms with Crippen LogP contribution in [0.15, 0.2) is 18.5 Å². The van der Waals surface area contributed by atoms with E-state index in [1.54, 1.807) is 12.4 Å². The second kappa shape index (κ2) is 6.84. The van der Waals surface area contributed by atoms with Crippen molar-refractivity contribution < 1.29 is 9.59 Å². The van der Waals surface area contributed by atoms with Gasteiger partial charge in [-0.3, -0.25) is 9.59 Å². The molecule has 0 bridgehead atoms. The zero-order valence-electron chi connectivity index (χ0n) is 16.2. The standard InChI is InChI=1S/C20H26N6O2/c1-24-8-6-14(9-24)19(27)25-10-13-3-2-7-26(17(13)11-25)20(28)16-5-4-15-18(23-16)22-12-21-15/h4-5,12-14,17H,2-3,6-11H2,1H3,(H,21,22,23)/t13-,14?,17+/m0/s1. The lowest BCUT2D eigenvalue weighted by Gasteiger charge is -2.36. The van der Waals surface area contributed by atoms with Gasteiger partial charge in [-0.1, -0.05) is 0 Å². The minimum atomic E-state index is -0.0468. The number of pyridine rings is 1. The second-order valence-corrected chi connectivity index (χ2v) is 8.43. The minimum absolute atomic E-state index is 0.0468. The Kier molecular flexibility index (Phi) is 4.30. The second-order valence-electron chi connectivity index (χ2n) is 8.43. The molecule has 3 saturated heterocycles. The van der Waals surface area contributed by atoms with E-state index in [9.17, 15) is 9.59 Å². The molecule has 1 N–H and O–H groups in total. The van der Waals surface area contributed by atoms with E-state index in [0.29, 0.717) is 23.8 Å². The molecule has 0 saturated carbocycles. The SMILES string of the molecule is CN1CCC(C(=O)N2C[C@@H]3CCCN(C(=O)c4ccc5[nH]cnc5n4)[C@@H]3C2)C1. The van der Waals surface area contributed by atoms with Crippen LogP contribution in [-0.2, 0) is 4.79 Å². The number of carbonyl (C=O) groups excluding carboxylic acids is 2. The molecule has 8 heteroatoms. The van der Waals surface area contributed by atoms with Gasteiger partial charge in [-0.25, -0.2) is 9.97 Å². The van der Waals surface area contributed by atoms with Crippen molar-refractivity contribution in [3.63, 3.8) is 0 Å². The fraction of sp³-hybridized carbons (Fsp3) is 0.600. The van der Waals surface area contributed by atoms with Crippen LogP contribution in [0.5, 0.6) is 0 Å². The molecule has 8 nitrogen and oxygen atoms in total. The highest BCUT2D eigenvalue weighted by atomic mass is 16.2. The van der Waals surface area contributed by atoms with Crippen LogP contribution in [0.2, 0.25) is 0 Å². The number of hydrogen-bond acceptors (Lipinski definition) is 5. The molecule has 0 spiro atoms. The van der Waals surface area contributed by atoms with Crippen molar-refractivity contribution in [1.82, 2.24) is 29.7 Å². The number of nitrogens with zero attached hydrogens (tertiary/aromatic N) is 5. The largest absolute Gasteiger partial charge is 0.343 e. The van der Waals surface area contributed by atoms with Gasteiger partial charge < -0.3 is 19.7 Å². The molecular formula is C20H26N6O2. The Morgan fingerprint density at radius 1 is 1.14 bits per heavy atom. The lowest BCUT2D eigenvalue weighted by molar-refractivity contribution is -0.134. The summed E-state index contributed by atoms with van der Waals surface area (Å²) in [5.74, 6) is 0.699. The maximum absolute atomic E-state index is 13.2. The first kappa shape index (κ1) is 17.6. The molecule has 2 aromatic rings. The molecule has 3 fully saturated rings. The summed E-state index contributed by atoms with van der Waals surface area (Å²) in [7, 11) is 2.07. The average Bonchev–Trinajstić information content (AvgIpc) is 3.44. The number of nitrogens with one attached hydrogen (secondary N) is 1. The smallest absolute Gasteiger partial charge is 0.272 e. The number of H-pyrrole nitrogens is 1. The monoisotopic (exact) mass is 382 g/mol. The van der Waals surface area contributed by atoms with Crippen LogP contribution < -0.4 is 0 Å². The topological polar surface area (TPSA) is 85.4 Å². The van der Waals surface area contributed by atoms with E-state index < -0.39 is 0 Å². The van der Waals surface area contributed by atoms with Gasteiger partial charge >= 0.3 is 0 Å². The van der Waals surface area contributed by atoms with E-state index in [1.165, 1.54) is 0 Å². The van der Waals surface area contributed by atoms with E-state index in [2.05, 4.69) is 26.9 Å². The number of aromatic amines is 1. The third-order valence-electron chi connectivity index (χ3n) is 6.60. The van der Waals surface area contributed by atoms with Crippen molar-refractivity contribution in [2.24, 2.45) is 11.8 Å². The van der Waals surface area contributed by atoms with E-state index in [4.69, 9.17) is 0 Å². The van der Waals surface area contributed by atoms with Gasteiger partial charge in [-0.15, -0.1) is 0 Å². The van der Waals surface area contributed by atoms with E-state index in [-0.39, 0.29) is 23.8 Å². The van der Waals surface area contributed by atoms with Crippen molar-refractivity contribution in [2.75, 3.05) is 39.8 Å². The first-order chi connectivity index (χ1) is 13.6. The van der Waals surface area contributed by atoms with Crippen molar-refractivity contribution in [3.8, 4) is 0 Å². The van der Waals surface area contributed by atoms with Gasteiger partial charge in [0.15, 0.2) is 5.65 Å². The fourth-order valence-electron chi connectivity index (χ4n) is 5.10. The van der Waals surface area contributed by atoms with E-state index in [0.717, 1.165) is 51.0 Å². The number of aromatic nitrogens is 3. The van der Waals surface area contributed by atoms with Crippen molar-refractivity contribution in [2.45, 2.75) is 25.3 Å². The summed E-state index contributed by atoms with van der Waals surface area (Å²) >= 11 is 0. The molecule has 3 atom stereocenters. The van der Waals surface area contributed by atoms with Crippen LogP contribution in [0, 0.1) is 11.8 Å². The molecule has 0 aromatic carbocycles. The maximum atomic E-state index is 13.2. The maximum Gasteiger partial charge on any atom is 0.272 e. The normalized spacial score (nSPS) is 28.1. The van der Waals surface area contributed by atoms with Crippen LogP contribution in [0.25, 0.3) is 11.2 Å². The predicted octanol–water partition coefficient (Wildman–Crippen LogP) is 0.973. The predicted molar refractivity (Wildman–Crippen MR) is 104 cm³/mol. The molecular weight excluding hydrogens is 356 g/mol. The Balaban J connectivity index is 1.33. The number of hydrogen-bond donors (Lipinski definition) is 1. The van der Waals surface area contributed by atoms with Gasteiger partial charge in [-0.2, -0.15) is 0 Å². The molecule has 3 aliphatic rings. The van der Waals surface area contributed by atoms with Crippen molar-refractivity contribution in [1.29, 1.82) is 0 Å². The summed E-state index contributed by atoms with van der Waals surface area (Å²) in [4.78, 5) is 43.9. The van der Waals surface area contributed by atoms with Gasteiger partial charge in [0.2, 0.25) is 5.91 Å². The number of rotatable bonds is 2. The van der Waals surface area contributed by atoms with Crippen LogP contribution in [0.3, 0.4) is 0 Å². The van der Waals surface area contributed by atoms with Gasteiger partial charge in [-0.05, 0) is 50.9 Å². The van der Waals surface area contributed by atoms with Crippen LogP contribution in [0.4, 0.5) is 0 Å². The summed E-state index contributed by atoms with van der Waals surface area (Å²) in [6.07, 6.45) is 4.58. The highest BCUT2D eigenvalue weighted by Gasteiger charge is 2.44. The first-order valence-electron chi connectivity index (χ1n) is 10.2. The lowest BCUT2D eigenvalue weighted by Crippen LogP contribution is -2.49. The molecule has 5 heterocycles. The van der Waals surface area contributed by atoms with E-state index in [1.807, 2.05) is 15.9 Å². The molecule has 0 radical (unpaired) electrons. The zero-order valence-corrected chi connectivity index (χ0v) is 16.2. The summed E-state index contributed by atoms with van der Waals surface area (Å²) in [6, 6.07) is 3.71. The highest BCUT2D eigenvalue weighted by Crippen LogP contribution is 2.33. The van der Waals surface area contributed by atoms with Crippen LogP contribution >= 0.6 is 0 Å². The zero-order chi connectivity index (χ0) is 19.3. The average molecular weight is 382 g/mol. The Morgan fingerprint density at radius 3 is 2.86 bits per heavy atom. The fourth-order valence-corrected chi connectivity index (χ4v) is 5.10. The third kappa shape index (κ3) is 2.96. The molecule has 5 rings (SSSR count). The van der Waals surface area contributed by atoms with E-state index >= 15 is 0 Å². The highest BCUT2D eigenvalue weighted by molar-refractivity contribution is 5.94. The lowest BCUT2D eigenvalue weighted by atomic mass is 9.92. The number of carbonyl (C=O) groups is 2. The van der Waals surface area contributed by atoms with Gasteiger partial charge in [0.25, 0.3) is 5.91 Å². The summed E-state index contributed by atoms with van der Waals surface area (Å²) in [5.41, 5.74) is 1.82. The molecule has 28 heavy (non-hydrogen) atoms. The molecule has 3 aliphatic heterocycles. The quantitative estimate of drug-likeness (QED) is 0.837. The minimum Gasteiger partial charge on any atom is -0.343 e. The number of imidazole rings is 1. The van der Waals surface area contributed by atoms with Crippen LogP contribution in [-0.4, -0.2) is 87.3 Å². The number of piperidine rings is 1. The van der Waals surface area contributed by atoms with Crippen molar-refractivity contribution in [3.05, 3.63) is 24.2 Å². The summed E-state index contributed by atoms with van der Waals surface area (Å²) in [5, 5.41) is 0. The van der Waals surface area contributed by atoms with Gasteiger partial charge in [0, 0.05) is 26.2 Å². The molecule has 2 aromatic heterocycles. The van der Waals surface area contributed by atoms with Crippen LogP contribution in [0.1, 0.15) is 29.8 Å². The van der Waals surface area contributed by atoms with Gasteiger partial charge in [0.05, 0.1) is 23.8 Å². The van der Waals surface area contributed by atoms with Crippen molar-refractivity contribution >= 4 is 23.0 Å². The molecule has 148 valence electrons. The Labute approximate surface area is 163 Å². The third-order valence-corrected chi connectivity index (χ3v) is 6.60. The Hall–Kier alpha value is -2.48. The number of amides is 2. The molecule has 1 unspecified atom stereocenters. The number of fused-ring (bicyclic) bond motifs is 2. The molecule has 2 amide bonds. The Morgan fingerprint density at radius 2 is 2.04 bits per heavy atom. The molecule has 0 aliphatic carbocycles. The number of likely N-dealkylation sites (tertiary alicyclic amines) is 3.